The van der Waals surface area contributed by atoms with Gasteiger partial charge in [0.25, 0.3) is 0 Å². The van der Waals surface area contributed by atoms with E-state index in [-0.39, 0.29) is 29.6 Å². The third-order valence-electron chi connectivity index (χ3n) is 4.57. The fraction of sp³-hybridized carbons (Fsp3) is 0.500. The standard InChI is InChI=1S/C20H28N4OS.HI/c1-4-21-19(23-14-20(3)11-8-12-25-20)22-13-17-15(2)24-18(26-17)16-9-6-5-7-10-16;/h5-7,9-10H,4,8,11-14H2,1-3H3,(H2,21,22,23);1H. The maximum atomic E-state index is 5.85. The zero-order valence-corrected chi connectivity index (χ0v) is 19.4. The lowest BCUT2D eigenvalue weighted by molar-refractivity contribution is 0.0243. The van der Waals surface area contributed by atoms with Crippen molar-refractivity contribution in [3.8, 4) is 10.6 Å². The summed E-state index contributed by atoms with van der Waals surface area (Å²) >= 11 is 1.72. The van der Waals surface area contributed by atoms with E-state index in [1.54, 1.807) is 11.3 Å². The summed E-state index contributed by atoms with van der Waals surface area (Å²) in [6, 6.07) is 10.3. The molecule has 0 bridgehead atoms. The Kier molecular flexibility index (Phi) is 8.50. The quantitative estimate of drug-likeness (QED) is 0.352. The molecule has 1 aromatic heterocycles. The van der Waals surface area contributed by atoms with Gasteiger partial charge in [-0.05, 0) is 33.6 Å². The van der Waals surface area contributed by atoms with Gasteiger partial charge in [-0.1, -0.05) is 30.3 Å². The molecule has 7 heteroatoms. The van der Waals surface area contributed by atoms with Gasteiger partial charge >= 0.3 is 0 Å². The molecule has 3 rings (SSSR count). The van der Waals surface area contributed by atoms with Crippen molar-refractivity contribution in [2.24, 2.45) is 4.99 Å². The zero-order chi connectivity index (χ0) is 18.4. The van der Waals surface area contributed by atoms with Crippen molar-refractivity contribution in [1.29, 1.82) is 0 Å². The molecule has 1 atom stereocenters. The fourth-order valence-electron chi connectivity index (χ4n) is 3.02. The van der Waals surface area contributed by atoms with Crippen LogP contribution in [-0.4, -0.2) is 36.2 Å². The number of nitrogens with one attached hydrogen (secondary N) is 2. The molecule has 27 heavy (non-hydrogen) atoms. The van der Waals surface area contributed by atoms with Gasteiger partial charge in [0.2, 0.25) is 0 Å². The van der Waals surface area contributed by atoms with Crippen LogP contribution in [0.3, 0.4) is 0 Å². The number of halogens is 1. The normalized spacial score (nSPS) is 19.6. The molecule has 1 aliphatic rings. The molecule has 2 heterocycles. The monoisotopic (exact) mass is 500 g/mol. The molecule has 1 unspecified atom stereocenters. The van der Waals surface area contributed by atoms with Crippen LogP contribution in [0.5, 0.6) is 0 Å². The summed E-state index contributed by atoms with van der Waals surface area (Å²) in [5.74, 6) is 0.832. The maximum Gasteiger partial charge on any atom is 0.191 e. The smallest absolute Gasteiger partial charge is 0.191 e. The van der Waals surface area contributed by atoms with Crippen molar-refractivity contribution in [1.82, 2.24) is 15.6 Å². The molecular formula is C20H29IN4OS. The molecule has 0 amide bonds. The van der Waals surface area contributed by atoms with Gasteiger partial charge in [0, 0.05) is 30.1 Å². The molecule has 0 saturated carbocycles. The first-order valence-corrected chi connectivity index (χ1v) is 10.1. The molecule has 1 fully saturated rings. The van der Waals surface area contributed by atoms with Crippen LogP contribution in [0.15, 0.2) is 35.3 Å². The Morgan fingerprint density at radius 1 is 1.30 bits per heavy atom. The number of rotatable bonds is 6. The first kappa shape index (κ1) is 22.1. The molecule has 1 aliphatic heterocycles. The first-order valence-electron chi connectivity index (χ1n) is 9.27. The van der Waals surface area contributed by atoms with E-state index in [2.05, 4.69) is 43.5 Å². The summed E-state index contributed by atoms with van der Waals surface area (Å²) in [6.07, 6.45) is 2.22. The van der Waals surface area contributed by atoms with Crippen molar-refractivity contribution in [2.75, 3.05) is 19.7 Å². The average molecular weight is 500 g/mol. The minimum absolute atomic E-state index is 0. The third-order valence-corrected chi connectivity index (χ3v) is 5.76. The van der Waals surface area contributed by atoms with Crippen LogP contribution in [0.2, 0.25) is 0 Å². The van der Waals surface area contributed by atoms with Gasteiger partial charge < -0.3 is 15.4 Å². The van der Waals surface area contributed by atoms with Crippen LogP contribution in [-0.2, 0) is 11.3 Å². The van der Waals surface area contributed by atoms with Gasteiger partial charge in [-0.2, -0.15) is 0 Å². The number of nitrogens with zero attached hydrogens (tertiary/aromatic N) is 2. The highest BCUT2D eigenvalue weighted by Gasteiger charge is 2.29. The predicted molar refractivity (Wildman–Crippen MR) is 124 cm³/mol. The van der Waals surface area contributed by atoms with Gasteiger partial charge in [0.05, 0.1) is 17.8 Å². The highest BCUT2D eigenvalue weighted by atomic mass is 127. The van der Waals surface area contributed by atoms with E-state index in [1.807, 2.05) is 18.2 Å². The van der Waals surface area contributed by atoms with Gasteiger partial charge in [0.1, 0.15) is 5.01 Å². The lowest BCUT2D eigenvalue weighted by Crippen LogP contribution is -2.45. The van der Waals surface area contributed by atoms with E-state index < -0.39 is 0 Å². The van der Waals surface area contributed by atoms with Gasteiger partial charge in [-0.3, -0.25) is 0 Å². The van der Waals surface area contributed by atoms with Gasteiger partial charge in [0.15, 0.2) is 5.96 Å². The van der Waals surface area contributed by atoms with Gasteiger partial charge in [-0.25, -0.2) is 9.98 Å². The van der Waals surface area contributed by atoms with Crippen LogP contribution >= 0.6 is 35.3 Å². The van der Waals surface area contributed by atoms with E-state index in [1.165, 1.54) is 4.88 Å². The Bertz CT molecular complexity index is 742. The number of aromatic nitrogens is 1. The second-order valence-corrected chi connectivity index (χ2v) is 7.93. The number of thiazole rings is 1. The van der Waals surface area contributed by atoms with E-state index in [0.29, 0.717) is 6.54 Å². The number of hydrogen-bond acceptors (Lipinski definition) is 4. The Balaban J connectivity index is 0.00000261. The van der Waals surface area contributed by atoms with Crippen molar-refractivity contribution >= 4 is 41.3 Å². The zero-order valence-electron chi connectivity index (χ0n) is 16.2. The lowest BCUT2D eigenvalue weighted by atomic mass is 10.0. The molecule has 2 aromatic rings. The number of aryl methyl sites for hydroxylation is 1. The number of ether oxygens (including phenoxy) is 1. The first-order chi connectivity index (χ1) is 12.6. The Hall–Kier alpha value is -1.19. The van der Waals surface area contributed by atoms with E-state index in [4.69, 9.17) is 14.7 Å². The van der Waals surface area contributed by atoms with Crippen LogP contribution in [0.1, 0.15) is 37.3 Å². The van der Waals surface area contributed by atoms with E-state index >= 15 is 0 Å². The average Bonchev–Trinajstić information content (AvgIpc) is 3.25. The summed E-state index contributed by atoms with van der Waals surface area (Å²) in [6.45, 7) is 9.39. The number of aliphatic imine (C=N–C) groups is 1. The molecule has 2 N–H and O–H groups in total. The SMILES string of the molecule is CCNC(=NCc1sc(-c2ccccc2)nc1C)NCC1(C)CCCO1.I. The Morgan fingerprint density at radius 2 is 2.07 bits per heavy atom. The van der Waals surface area contributed by atoms with Crippen molar-refractivity contribution < 1.29 is 4.74 Å². The number of guanidine groups is 1. The highest BCUT2D eigenvalue weighted by molar-refractivity contribution is 14.0. The number of hydrogen-bond donors (Lipinski definition) is 2. The van der Waals surface area contributed by atoms with Gasteiger partial charge in [-0.15, -0.1) is 35.3 Å². The summed E-state index contributed by atoms with van der Waals surface area (Å²) in [5, 5.41) is 7.80. The van der Waals surface area contributed by atoms with Crippen LogP contribution in [0.4, 0.5) is 0 Å². The third kappa shape index (κ3) is 6.15. The molecule has 1 saturated heterocycles. The summed E-state index contributed by atoms with van der Waals surface area (Å²) in [4.78, 5) is 10.7. The van der Waals surface area contributed by atoms with Crippen molar-refractivity contribution in [2.45, 2.75) is 45.8 Å². The van der Waals surface area contributed by atoms with Crippen molar-refractivity contribution in [3.05, 3.63) is 40.9 Å². The minimum Gasteiger partial charge on any atom is -0.373 e. The predicted octanol–water partition coefficient (Wildman–Crippen LogP) is 4.36. The Morgan fingerprint density at radius 3 is 2.74 bits per heavy atom. The van der Waals surface area contributed by atoms with E-state index in [0.717, 1.165) is 54.8 Å². The molecular weight excluding hydrogens is 471 g/mol. The lowest BCUT2D eigenvalue weighted by Gasteiger charge is -2.24. The largest absolute Gasteiger partial charge is 0.373 e. The van der Waals surface area contributed by atoms with Crippen LogP contribution in [0.25, 0.3) is 10.6 Å². The molecule has 1 aromatic carbocycles. The summed E-state index contributed by atoms with van der Waals surface area (Å²) < 4.78 is 5.85. The van der Waals surface area contributed by atoms with Crippen LogP contribution in [0, 0.1) is 6.92 Å². The summed E-state index contributed by atoms with van der Waals surface area (Å²) in [7, 11) is 0. The topological polar surface area (TPSA) is 58.5 Å². The Labute approximate surface area is 183 Å². The fourth-order valence-corrected chi connectivity index (χ4v) is 4.01. The van der Waals surface area contributed by atoms with E-state index in [9.17, 15) is 0 Å². The second kappa shape index (κ2) is 10.4. The molecule has 0 spiro atoms. The molecule has 148 valence electrons. The molecule has 0 radical (unpaired) electrons. The minimum atomic E-state index is -0.0862. The highest BCUT2D eigenvalue weighted by Crippen LogP contribution is 2.28. The molecule has 0 aliphatic carbocycles. The maximum absolute atomic E-state index is 5.85. The second-order valence-electron chi connectivity index (χ2n) is 6.84. The van der Waals surface area contributed by atoms with Crippen molar-refractivity contribution in [3.63, 3.8) is 0 Å². The molecule has 5 nitrogen and oxygen atoms in total. The summed E-state index contributed by atoms with van der Waals surface area (Å²) in [5.41, 5.74) is 2.13. The number of benzene rings is 1. The van der Waals surface area contributed by atoms with Crippen LogP contribution < -0.4 is 10.6 Å².